The molecule has 1 aliphatic heterocycles. The Labute approximate surface area is 198 Å². The van der Waals surface area contributed by atoms with Crippen LogP contribution < -0.4 is 9.47 Å². The van der Waals surface area contributed by atoms with E-state index >= 15 is 0 Å². The fourth-order valence-electron chi connectivity index (χ4n) is 5.86. The van der Waals surface area contributed by atoms with Gasteiger partial charge in [0.25, 0.3) is 0 Å². The lowest BCUT2D eigenvalue weighted by Crippen LogP contribution is -2.47. The highest BCUT2D eigenvalue weighted by Gasteiger charge is 2.48. The van der Waals surface area contributed by atoms with Gasteiger partial charge in [-0.25, -0.2) is 0 Å². The molecule has 0 radical (unpaired) electrons. The van der Waals surface area contributed by atoms with E-state index in [4.69, 9.17) is 26.6 Å². The summed E-state index contributed by atoms with van der Waals surface area (Å²) in [5.41, 5.74) is 11.1. The van der Waals surface area contributed by atoms with Gasteiger partial charge in [0.05, 0.1) is 7.11 Å². The summed E-state index contributed by atoms with van der Waals surface area (Å²) in [5.74, 6) is 3.90. The Bertz CT molecular complexity index is 833. The van der Waals surface area contributed by atoms with Crippen molar-refractivity contribution in [2.45, 2.75) is 96.0 Å². The van der Waals surface area contributed by atoms with Crippen molar-refractivity contribution in [3.05, 3.63) is 33.7 Å². The van der Waals surface area contributed by atoms with Crippen LogP contribution in [0.25, 0.3) is 10.4 Å². The normalized spacial score (nSPS) is 24.0. The average Bonchev–Trinajstić information content (AvgIpc) is 2.76. The number of nitrogens with zero attached hydrogens (tertiary/aromatic N) is 3. The number of hydrogen-bond acceptors (Lipinski definition) is 3. The number of hydrogen-bond donors (Lipinski definition) is 0. The number of benzene rings is 1. The lowest BCUT2D eigenvalue weighted by molar-refractivity contribution is -0.0154. The zero-order chi connectivity index (χ0) is 23.4. The summed E-state index contributed by atoms with van der Waals surface area (Å²) < 4.78 is 12.6. The Morgan fingerprint density at radius 3 is 2.66 bits per heavy atom. The third kappa shape index (κ3) is 5.48. The van der Waals surface area contributed by atoms with Crippen LogP contribution in [0.3, 0.4) is 0 Å². The van der Waals surface area contributed by atoms with Gasteiger partial charge in [0.1, 0.15) is 17.1 Å². The van der Waals surface area contributed by atoms with Gasteiger partial charge < -0.3 is 9.47 Å². The molecule has 0 bridgehead atoms. The quantitative estimate of drug-likeness (QED) is 0.116. The van der Waals surface area contributed by atoms with Crippen molar-refractivity contribution in [2.24, 2.45) is 17.0 Å². The van der Waals surface area contributed by atoms with E-state index in [1.165, 1.54) is 30.4 Å². The SMILES string of the molecule is COc1cc(C(C)(C)CCCCCCCl)cc2c1[C@@H]1C[C@H](CN=[N+]=[N-])CC[C@H]1C(C)(C)O2. The Morgan fingerprint density at radius 1 is 1.22 bits per heavy atom. The molecule has 32 heavy (non-hydrogen) atoms. The maximum absolute atomic E-state index is 8.78. The number of unbranched alkanes of at least 4 members (excludes halogenated alkanes) is 3. The smallest absolute Gasteiger partial charge is 0.127 e. The molecule has 1 aromatic rings. The fraction of sp³-hybridized carbons (Fsp3) is 0.769. The highest BCUT2D eigenvalue weighted by molar-refractivity contribution is 6.17. The van der Waals surface area contributed by atoms with Gasteiger partial charge in [-0.2, -0.15) is 0 Å². The molecule has 0 N–H and O–H groups in total. The highest BCUT2D eigenvalue weighted by atomic mass is 35.5. The lowest BCUT2D eigenvalue weighted by atomic mass is 9.63. The van der Waals surface area contributed by atoms with Crippen molar-refractivity contribution in [2.75, 3.05) is 19.5 Å². The van der Waals surface area contributed by atoms with Gasteiger partial charge in [-0.15, -0.1) is 11.6 Å². The second-order valence-electron chi connectivity index (χ2n) is 10.8. The largest absolute Gasteiger partial charge is 0.496 e. The van der Waals surface area contributed by atoms with Crippen molar-refractivity contribution in [1.29, 1.82) is 0 Å². The standard InChI is InChI=1S/C26H40ClN3O2/c1-25(2,12-8-6-7-9-13-27)19-15-22(31-5)24-20-14-18(17-29-30-28)10-11-21(20)26(3,4)32-23(24)16-19/h15-16,18,20-21H,6-14,17H2,1-5H3/t18-,20-,21-/m1/s1. The number of ether oxygens (including phenoxy) is 2. The molecule has 0 unspecified atom stereocenters. The fourth-order valence-corrected chi connectivity index (χ4v) is 6.04. The highest BCUT2D eigenvalue weighted by Crippen LogP contribution is 2.56. The van der Waals surface area contributed by atoms with Gasteiger partial charge in [-0.05, 0) is 86.4 Å². The number of rotatable bonds is 10. The number of azide groups is 1. The Kier molecular flexibility index (Phi) is 8.27. The van der Waals surface area contributed by atoms with Gasteiger partial charge in [0, 0.05) is 28.8 Å². The van der Waals surface area contributed by atoms with Gasteiger partial charge in [-0.1, -0.05) is 38.2 Å². The molecule has 6 heteroatoms. The summed E-state index contributed by atoms with van der Waals surface area (Å²) in [6.07, 6.45) is 9.02. The maximum Gasteiger partial charge on any atom is 0.127 e. The topological polar surface area (TPSA) is 67.2 Å². The van der Waals surface area contributed by atoms with Gasteiger partial charge in [0.2, 0.25) is 0 Å². The van der Waals surface area contributed by atoms with Crippen molar-refractivity contribution in [3.8, 4) is 11.5 Å². The van der Waals surface area contributed by atoms with E-state index in [1.54, 1.807) is 7.11 Å². The average molecular weight is 462 g/mol. The van der Waals surface area contributed by atoms with E-state index < -0.39 is 0 Å². The predicted octanol–water partition coefficient (Wildman–Crippen LogP) is 8.14. The van der Waals surface area contributed by atoms with Gasteiger partial charge >= 0.3 is 0 Å². The number of fused-ring (bicyclic) bond motifs is 3. The summed E-state index contributed by atoms with van der Waals surface area (Å²) in [7, 11) is 1.77. The zero-order valence-corrected chi connectivity index (χ0v) is 21.2. The molecule has 178 valence electrons. The summed E-state index contributed by atoms with van der Waals surface area (Å²) in [6.45, 7) is 9.67. The first-order valence-electron chi connectivity index (χ1n) is 12.2. The number of methoxy groups -OCH3 is 1. The van der Waals surface area contributed by atoms with E-state index in [9.17, 15) is 0 Å². The Hall–Kier alpha value is -1.58. The molecule has 1 aliphatic carbocycles. The molecule has 2 aliphatic rings. The Balaban J connectivity index is 1.90. The number of halogens is 1. The minimum Gasteiger partial charge on any atom is -0.496 e. The van der Waals surface area contributed by atoms with Crippen molar-refractivity contribution in [1.82, 2.24) is 0 Å². The minimum atomic E-state index is -0.226. The molecule has 1 fully saturated rings. The van der Waals surface area contributed by atoms with E-state index in [0.29, 0.717) is 24.3 Å². The first-order valence-corrected chi connectivity index (χ1v) is 12.7. The molecule has 1 heterocycles. The zero-order valence-electron chi connectivity index (χ0n) is 20.5. The monoisotopic (exact) mass is 461 g/mol. The predicted molar refractivity (Wildman–Crippen MR) is 132 cm³/mol. The lowest BCUT2D eigenvalue weighted by Gasteiger charge is -2.49. The van der Waals surface area contributed by atoms with E-state index in [1.807, 2.05) is 0 Å². The van der Waals surface area contributed by atoms with Crippen molar-refractivity contribution >= 4 is 11.6 Å². The molecule has 0 spiro atoms. The van der Waals surface area contributed by atoms with Crippen LogP contribution in [0.4, 0.5) is 0 Å². The van der Waals surface area contributed by atoms with Crippen LogP contribution in [0.1, 0.15) is 96.1 Å². The van der Waals surface area contributed by atoms with Crippen LogP contribution in [0.15, 0.2) is 17.2 Å². The molecule has 0 saturated heterocycles. The molecule has 0 aromatic heterocycles. The van der Waals surface area contributed by atoms with Crippen LogP contribution in [0, 0.1) is 11.8 Å². The first-order chi connectivity index (χ1) is 15.2. The summed E-state index contributed by atoms with van der Waals surface area (Å²) in [4.78, 5) is 2.99. The molecular weight excluding hydrogens is 422 g/mol. The van der Waals surface area contributed by atoms with E-state index in [2.05, 4.69) is 49.9 Å². The van der Waals surface area contributed by atoms with Crippen LogP contribution in [0.2, 0.25) is 0 Å². The van der Waals surface area contributed by atoms with Gasteiger partial charge in [-0.3, -0.25) is 0 Å². The summed E-state index contributed by atoms with van der Waals surface area (Å²) in [5, 5.41) is 3.87. The summed E-state index contributed by atoms with van der Waals surface area (Å²) in [6, 6.07) is 4.51. The van der Waals surface area contributed by atoms with Gasteiger partial charge in [0.15, 0.2) is 0 Å². The maximum atomic E-state index is 8.78. The number of alkyl halides is 1. The molecule has 0 amide bonds. The molecule has 1 aromatic carbocycles. The van der Waals surface area contributed by atoms with Crippen molar-refractivity contribution < 1.29 is 9.47 Å². The van der Waals surface area contributed by atoms with Crippen LogP contribution >= 0.6 is 11.6 Å². The second-order valence-corrected chi connectivity index (χ2v) is 11.2. The molecule has 5 nitrogen and oxygen atoms in total. The molecule has 1 saturated carbocycles. The van der Waals surface area contributed by atoms with Crippen molar-refractivity contribution in [3.63, 3.8) is 0 Å². The second kappa shape index (κ2) is 10.6. The minimum absolute atomic E-state index is 0.0459. The van der Waals surface area contributed by atoms with Crippen LogP contribution in [0.5, 0.6) is 11.5 Å². The molecular formula is C26H40ClN3O2. The van der Waals surface area contributed by atoms with Crippen LogP contribution in [-0.2, 0) is 5.41 Å². The molecule has 3 atom stereocenters. The third-order valence-electron chi connectivity index (χ3n) is 7.79. The van der Waals surface area contributed by atoms with Crippen LogP contribution in [-0.4, -0.2) is 25.1 Å². The van der Waals surface area contributed by atoms with E-state index in [-0.39, 0.29) is 11.0 Å². The third-order valence-corrected chi connectivity index (χ3v) is 8.06. The summed E-state index contributed by atoms with van der Waals surface area (Å²) >= 11 is 5.82. The van der Waals surface area contributed by atoms with E-state index in [0.717, 1.165) is 49.5 Å². The first kappa shape index (κ1) is 25.1. The molecule has 3 rings (SSSR count). The Morgan fingerprint density at radius 2 is 1.97 bits per heavy atom.